The summed E-state index contributed by atoms with van der Waals surface area (Å²) in [6.45, 7) is 2.04. The molecule has 0 bridgehead atoms. The number of ether oxygens (including phenoxy) is 1. The van der Waals surface area contributed by atoms with Crippen LogP contribution in [0.3, 0.4) is 0 Å². The first-order chi connectivity index (χ1) is 12.0. The van der Waals surface area contributed by atoms with Crippen LogP contribution in [0.15, 0.2) is 48.5 Å². The number of halogens is 1. The number of carbonyl (C=O) groups is 2. The number of nitrogens with one attached hydrogen (secondary N) is 1. The van der Waals surface area contributed by atoms with Gasteiger partial charge in [0.1, 0.15) is 17.7 Å². The van der Waals surface area contributed by atoms with Crippen LogP contribution in [0.1, 0.15) is 12.5 Å². The summed E-state index contributed by atoms with van der Waals surface area (Å²) in [5.41, 5.74) is 1.40. The minimum Gasteiger partial charge on any atom is -0.487 e. The van der Waals surface area contributed by atoms with E-state index in [0.29, 0.717) is 18.0 Å². The van der Waals surface area contributed by atoms with Gasteiger partial charge in [-0.1, -0.05) is 30.3 Å². The van der Waals surface area contributed by atoms with Crippen LogP contribution in [-0.2, 0) is 16.0 Å². The fraction of sp³-hybridized carbons (Fsp3) is 0.263. The van der Waals surface area contributed by atoms with Crippen LogP contribution in [0, 0.1) is 5.82 Å². The molecule has 25 heavy (non-hydrogen) atoms. The Bertz CT molecular complexity index is 779. The summed E-state index contributed by atoms with van der Waals surface area (Å²) in [6, 6.07) is 13.4. The van der Waals surface area contributed by atoms with E-state index in [1.54, 1.807) is 0 Å². The standard InChI is InChI=1S/C19H19FN2O3/c1-13-12-22(16-8-7-15(20)10-17(16)25-13)19(24)11-21-18(23)9-14-5-3-2-4-6-14/h2-8,10,13H,9,11-12H2,1H3,(H,21,23)/t13-/m0/s1. The lowest BCUT2D eigenvalue weighted by atomic mass is 10.1. The van der Waals surface area contributed by atoms with E-state index in [1.165, 1.54) is 23.1 Å². The van der Waals surface area contributed by atoms with Gasteiger partial charge in [0.25, 0.3) is 0 Å². The highest BCUT2D eigenvalue weighted by Gasteiger charge is 2.28. The molecule has 1 heterocycles. The van der Waals surface area contributed by atoms with Crippen molar-refractivity contribution < 1.29 is 18.7 Å². The van der Waals surface area contributed by atoms with Gasteiger partial charge < -0.3 is 15.0 Å². The molecule has 2 aromatic carbocycles. The van der Waals surface area contributed by atoms with Gasteiger partial charge in [-0.2, -0.15) is 0 Å². The first-order valence-corrected chi connectivity index (χ1v) is 8.10. The van der Waals surface area contributed by atoms with Crippen molar-refractivity contribution in [2.24, 2.45) is 0 Å². The highest BCUT2D eigenvalue weighted by Crippen LogP contribution is 2.33. The summed E-state index contributed by atoms with van der Waals surface area (Å²) < 4.78 is 18.9. The van der Waals surface area contributed by atoms with E-state index in [1.807, 2.05) is 37.3 Å². The van der Waals surface area contributed by atoms with Crippen LogP contribution in [0.4, 0.5) is 10.1 Å². The van der Waals surface area contributed by atoms with Crippen LogP contribution < -0.4 is 15.0 Å². The molecule has 0 saturated heterocycles. The van der Waals surface area contributed by atoms with Crippen molar-refractivity contribution in [2.75, 3.05) is 18.0 Å². The SMILES string of the molecule is C[C@H]1CN(C(=O)CNC(=O)Cc2ccccc2)c2ccc(F)cc2O1. The molecule has 0 aliphatic carbocycles. The molecule has 0 radical (unpaired) electrons. The van der Waals surface area contributed by atoms with Crippen molar-refractivity contribution >= 4 is 17.5 Å². The molecule has 5 nitrogen and oxygen atoms in total. The van der Waals surface area contributed by atoms with E-state index in [2.05, 4.69) is 5.32 Å². The van der Waals surface area contributed by atoms with Crippen LogP contribution in [0.25, 0.3) is 0 Å². The molecule has 3 rings (SSSR count). The zero-order valence-corrected chi connectivity index (χ0v) is 13.9. The van der Waals surface area contributed by atoms with Crippen molar-refractivity contribution in [3.63, 3.8) is 0 Å². The number of fused-ring (bicyclic) bond motifs is 1. The third-order valence-corrected chi connectivity index (χ3v) is 3.93. The summed E-state index contributed by atoms with van der Waals surface area (Å²) >= 11 is 0. The molecule has 0 unspecified atom stereocenters. The molecule has 2 amide bonds. The van der Waals surface area contributed by atoms with Crippen LogP contribution >= 0.6 is 0 Å². The third kappa shape index (κ3) is 4.15. The maximum Gasteiger partial charge on any atom is 0.246 e. The van der Waals surface area contributed by atoms with Crippen LogP contribution in [0.5, 0.6) is 5.75 Å². The molecule has 2 aromatic rings. The first kappa shape index (κ1) is 17.0. The molecule has 0 spiro atoms. The fourth-order valence-corrected chi connectivity index (χ4v) is 2.76. The maximum atomic E-state index is 13.4. The number of nitrogens with zero attached hydrogens (tertiary/aromatic N) is 1. The summed E-state index contributed by atoms with van der Waals surface area (Å²) in [7, 11) is 0. The molecule has 6 heteroatoms. The Labute approximate surface area is 145 Å². The summed E-state index contributed by atoms with van der Waals surface area (Å²) in [4.78, 5) is 26.0. The Morgan fingerprint density at radius 2 is 2.00 bits per heavy atom. The number of hydrogen-bond donors (Lipinski definition) is 1. The molecule has 130 valence electrons. The second-order valence-corrected chi connectivity index (χ2v) is 5.98. The minimum atomic E-state index is -0.420. The average Bonchev–Trinajstić information content (AvgIpc) is 2.59. The first-order valence-electron chi connectivity index (χ1n) is 8.10. The Hall–Kier alpha value is -2.89. The summed E-state index contributed by atoms with van der Waals surface area (Å²) in [6.07, 6.45) is -0.0339. The Balaban J connectivity index is 1.63. The fourth-order valence-electron chi connectivity index (χ4n) is 2.76. The highest BCUT2D eigenvalue weighted by molar-refractivity contribution is 5.98. The van der Waals surface area contributed by atoms with Crippen LogP contribution in [0.2, 0.25) is 0 Å². The lowest BCUT2D eigenvalue weighted by Crippen LogP contribution is -2.46. The zero-order valence-electron chi connectivity index (χ0n) is 13.9. The highest BCUT2D eigenvalue weighted by atomic mass is 19.1. The lowest BCUT2D eigenvalue weighted by Gasteiger charge is -2.33. The predicted molar refractivity (Wildman–Crippen MR) is 92.0 cm³/mol. The topological polar surface area (TPSA) is 58.6 Å². The number of anilines is 1. The molecule has 1 atom stereocenters. The smallest absolute Gasteiger partial charge is 0.246 e. The molecule has 0 saturated carbocycles. The van der Waals surface area contributed by atoms with E-state index in [4.69, 9.17) is 4.74 Å². The number of rotatable bonds is 4. The second kappa shape index (κ2) is 7.34. The molecule has 1 aliphatic heterocycles. The Kier molecular flexibility index (Phi) is 4.97. The number of hydrogen-bond acceptors (Lipinski definition) is 3. The average molecular weight is 342 g/mol. The molecule has 1 aliphatic rings. The van der Waals surface area contributed by atoms with E-state index < -0.39 is 5.82 Å². The largest absolute Gasteiger partial charge is 0.487 e. The number of carbonyl (C=O) groups excluding carboxylic acids is 2. The van der Waals surface area contributed by atoms with Gasteiger partial charge >= 0.3 is 0 Å². The van der Waals surface area contributed by atoms with Crippen molar-refractivity contribution in [3.8, 4) is 5.75 Å². The predicted octanol–water partition coefficient (Wildman–Crippen LogP) is 2.30. The third-order valence-electron chi connectivity index (χ3n) is 3.93. The molecule has 0 aromatic heterocycles. The zero-order chi connectivity index (χ0) is 17.8. The van der Waals surface area contributed by atoms with Gasteiger partial charge in [0, 0.05) is 6.07 Å². The summed E-state index contributed by atoms with van der Waals surface area (Å²) in [5.74, 6) is -0.566. The molecule has 1 N–H and O–H groups in total. The van der Waals surface area contributed by atoms with Crippen molar-refractivity contribution in [2.45, 2.75) is 19.4 Å². The summed E-state index contributed by atoms with van der Waals surface area (Å²) in [5, 5.41) is 2.64. The number of benzene rings is 2. The van der Waals surface area contributed by atoms with Crippen molar-refractivity contribution in [1.29, 1.82) is 0 Å². The van der Waals surface area contributed by atoms with Crippen molar-refractivity contribution in [1.82, 2.24) is 5.32 Å². The van der Waals surface area contributed by atoms with Gasteiger partial charge in [-0.3, -0.25) is 9.59 Å². The van der Waals surface area contributed by atoms with Gasteiger partial charge in [-0.15, -0.1) is 0 Å². The Morgan fingerprint density at radius 3 is 2.76 bits per heavy atom. The van der Waals surface area contributed by atoms with E-state index >= 15 is 0 Å². The maximum absolute atomic E-state index is 13.4. The van der Waals surface area contributed by atoms with Gasteiger partial charge in [0.2, 0.25) is 11.8 Å². The van der Waals surface area contributed by atoms with Crippen molar-refractivity contribution in [3.05, 3.63) is 59.9 Å². The van der Waals surface area contributed by atoms with Gasteiger partial charge in [0.15, 0.2) is 0 Å². The van der Waals surface area contributed by atoms with Gasteiger partial charge in [0.05, 0.1) is 25.2 Å². The number of amides is 2. The van der Waals surface area contributed by atoms with Crippen LogP contribution in [-0.4, -0.2) is 31.0 Å². The molecular weight excluding hydrogens is 323 g/mol. The monoisotopic (exact) mass is 342 g/mol. The van der Waals surface area contributed by atoms with E-state index in [0.717, 1.165) is 5.56 Å². The molecular formula is C19H19FN2O3. The van der Waals surface area contributed by atoms with Gasteiger partial charge in [-0.05, 0) is 24.6 Å². The van der Waals surface area contributed by atoms with Gasteiger partial charge in [-0.25, -0.2) is 4.39 Å². The normalized spacial score (nSPS) is 15.9. The second-order valence-electron chi connectivity index (χ2n) is 5.98. The Morgan fingerprint density at radius 1 is 1.24 bits per heavy atom. The lowest BCUT2D eigenvalue weighted by molar-refractivity contribution is -0.124. The minimum absolute atomic E-state index is 0.116. The van der Waals surface area contributed by atoms with E-state index in [-0.39, 0.29) is 30.9 Å². The molecule has 0 fully saturated rings. The van der Waals surface area contributed by atoms with E-state index in [9.17, 15) is 14.0 Å². The quantitative estimate of drug-likeness (QED) is 0.927.